The SMILES string of the molecule is CC12COC(COc3ccccc3)OC1CCC1(C)C(CC(=O)NCc3ccc(F)cc3)C(O)CCC21. The number of hydrogen-bond acceptors (Lipinski definition) is 5. The third kappa shape index (κ3) is 5.40. The summed E-state index contributed by atoms with van der Waals surface area (Å²) in [6.07, 6.45) is 2.68. The van der Waals surface area contributed by atoms with Gasteiger partial charge in [0, 0.05) is 18.4 Å². The van der Waals surface area contributed by atoms with Crippen LogP contribution in [-0.4, -0.2) is 42.7 Å². The van der Waals surface area contributed by atoms with Crippen LogP contribution in [-0.2, 0) is 20.8 Å². The molecule has 7 heteroatoms. The number of carbonyl (C=O) groups excluding carboxylic acids is 1. The zero-order valence-corrected chi connectivity index (χ0v) is 21.7. The Balaban J connectivity index is 1.22. The molecular weight excluding hydrogens is 473 g/mol. The standard InChI is InChI=1S/C30H38FNO5/c1-29-15-14-26-30(2,19-36-28(37-26)18-35-22-6-4-3-5-7-22)25(29)13-12-24(33)23(29)16-27(34)32-17-20-8-10-21(31)11-9-20/h3-11,23-26,28,33H,12-19H2,1-2H3,(H,32,34). The first-order valence-corrected chi connectivity index (χ1v) is 13.4. The summed E-state index contributed by atoms with van der Waals surface area (Å²) in [5.41, 5.74) is 0.452. The Morgan fingerprint density at radius 2 is 1.84 bits per heavy atom. The van der Waals surface area contributed by atoms with Gasteiger partial charge in [0.2, 0.25) is 5.91 Å². The number of ether oxygens (including phenoxy) is 3. The Hall–Kier alpha value is -2.48. The molecule has 2 N–H and O–H groups in total. The second-order valence-electron chi connectivity index (χ2n) is 11.5. The van der Waals surface area contributed by atoms with E-state index in [1.807, 2.05) is 30.3 Å². The van der Waals surface area contributed by atoms with Crippen molar-refractivity contribution in [2.75, 3.05) is 13.2 Å². The predicted octanol–water partition coefficient (Wildman–Crippen LogP) is 4.85. The van der Waals surface area contributed by atoms with Gasteiger partial charge in [0.1, 0.15) is 18.2 Å². The van der Waals surface area contributed by atoms with E-state index in [-0.39, 0.29) is 46.9 Å². The van der Waals surface area contributed by atoms with Crippen LogP contribution >= 0.6 is 0 Å². The average Bonchev–Trinajstić information content (AvgIpc) is 2.90. The molecule has 0 bridgehead atoms. The van der Waals surface area contributed by atoms with E-state index in [1.165, 1.54) is 12.1 Å². The molecule has 0 radical (unpaired) electrons. The Labute approximate surface area is 218 Å². The quantitative estimate of drug-likeness (QED) is 0.556. The van der Waals surface area contributed by atoms with Crippen LogP contribution in [0.4, 0.5) is 4.39 Å². The first kappa shape index (κ1) is 26.1. The summed E-state index contributed by atoms with van der Waals surface area (Å²) in [5.74, 6) is 0.538. The zero-order valence-electron chi connectivity index (χ0n) is 21.7. The first-order valence-electron chi connectivity index (χ1n) is 13.4. The van der Waals surface area contributed by atoms with Gasteiger partial charge in [0.25, 0.3) is 0 Å². The number of benzene rings is 2. The van der Waals surface area contributed by atoms with Crippen LogP contribution in [0.2, 0.25) is 0 Å². The molecule has 1 heterocycles. The van der Waals surface area contributed by atoms with Crippen molar-refractivity contribution in [1.29, 1.82) is 0 Å². The molecule has 1 amide bonds. The normalized spacial score (nSPS) is 35.2. The summed E-state index contributed by atoms with van der Waals surface area (Å²) in [6, 6.07) is 15.8. The zero-order chi connectivity index (χ0) is 26.0. The van der Waals surface area contributed by atoms with Crippen molar-refractivity contribution in [3.63, 3.8) is 0 Å². The van der Waals surface area contributed by atoms with Crippen molar-refractivity contribution in [3.05, 3.63) is 66.0 Å². The number of carbonyl (C=O) groups is 1. The molecule has 7 atom stereocenters. The number of halogens is 1. The molecule has 3 aliphatic rings. The van der Waals surface area contributed by atoms with Gasteiger partial charge < -0.3 is 24.6 Å². The molecule has 2 aromatic rings. The monoisotopic (exact) mass is 511 g/mol. The minimum atomic E-state index is -0.518. The van der Waals surface area contributed by atoms with Crippen molar-refractivity contribution < 1.29 is 28.5 Å². The van der Waals surface area contributed by atoms with Crippen molar-refractivity contribution in [3.8, 4) is 5.75 Å². The van der Waals surface area contributed by atoms with Gasteiger partial charge in [-0.3, -0.25) is 4.79 Å². The second kappa shape index (κ2) is 10.7. The van der Waals surface area contributed by atoms with Gasteiger partial charge in [-0.2, -0.15) is 0 Å². The highest BCUT2D eigenvalue weighted by Crippen LogP contribution is 2.62. The topological polar surface area (TPSA) is 77.0 Å². The number of aliphatic hydroxyl groups is 1. The van der Waals surface area contributed by atoms with Gasteiger partial charge >= 0.3 is 0 Å². The minimum absolute atomic E-state index is 0.0480. The number of para-hydroxylation sites is 1. The Morgan fingerprint density at radius 3 is 2.59 bits per heavy atom. The Bertz CT molecular complexity index is 1070. The summed E-state index contributed by atoms with van der Waals surface area (Å²) < 4.78 is 31.7. The summed E-state index contributed by atoms with van der Waals surface area (Å²) in [7, 11) is 0. The molecule has 3 fully saturated rings. The molecule has 2 saturated carbocycles. The summed E-state index contributed by atoms with van der Waals surface area (Å²) >= 11 is 0. The Kier molecular flexibility index (Phi) is 7.57. The molecule has 1 saturated heterocycles. The van der Waals surface area contributed by atoms with Gasteiger partial charge in [-0.25, -0.2) is 4.39 Å². The van der Waals surface area contributed by atoms with Crippen LogP contribution in [0.15, 0.2) is 54.6 Å². The van der Waals surface area contributed by atoms with Crippen molar-refractivity contribution in [1.82, 2.24) is 5.32 Å². The van der Waals surface area contributed by atoms with Gasteiger partial charge in [0.15, 0.2) is 6.29 Å². The van der Waals surface area contributed by atoms with Gasteiger partial charge in [-0.15, -0.1) is 0 Å². The fraction of sp³-hybridized carbons (Fsp3) is 0.567. The molecular formula is C30H38FNO5. The third-order valence-corrected chi connectivity index (χ3v) is 9.17. The number of aliphatic hydroxyl groups excluding tert-OH is 1. The van der Waals surface area contributed by atoms with E-state index in [4.69, 9.17) is 14.2 Å². The van der Waals surface area contributed by atoms with Gasteiger partial charge in [-0.05, 0) is 72.8 Å². The number of fused-ring (bicyclic) bond motifs is 3. The lowest BCUT2D eigenvalue weighted by atomic mass is 9.46. The molecule has 0 spiro atoms. The van der Waals surface area contributed by atoms with Crippen LogP contribution < -0.4 is 10.1 Å². The average molecular weight is 512 g/mol. The molecule has 7 unspecified atom stereocenters. The number of rotatable bonds is 7. The molecule has 5 rings (SSSR count). The van der Waals surface area contributed by atoms with E-state index in [2.05, 4.69) is 19.2 Å². The fourth-order valence-electron chi connectivity index (χ4n) is 7.13. The summed E-state index contributed by atoms with van der Waals surface area (Å²) in [5, 5.41) is 14.0. The molecule has 2 aliphatic carbocycles. The Morgan fingerprint density at radius 1 is 1.08 bits per heavy atom. The molecule has 6 nitrogen and oxygen atoms in total. The smallest absolute Gasteiger partial charge is 0.220 e. The minimum Gasteiger partial charge on any atom is -0.488 e. The largest absolute Gasteiger partial charge is 0.488 e. The highest BCUT2D eigenvalue weighted by atomic mass is 19.1. The molecule has 37 heavy (non-hydrogen) atoms. The first-order chi connectivity index (χ1) is 17.8. The predicted molar refractivity (Wildman–Crippen MR) is 137 cm³/mol. The molecule has 0 aromatic heterocycles. The maximum Gasteiger partial charge on any atom is 0.220 e. The van der Waals surface area contributed by atoms with E-state index >= 15 is 0 Å². The van der Waals surface area contributed by atoms with Crippen molar-refractivity contribution in [2.24, 2.45) is 22.7 Å². The van der Waals surface area contributed by atoms with Crippen LogP contribution in [0.1, 0.15) is 51.5 Å². The number of amides is 1. The maximum atomic E-state index is 13.2. The molecule has 2 aromatic carbocycles. The number of nitrogens with one attached hydrogen (secondary N) is 1. The highest BCUT2D eigenvalue weighted by molar-refractivity contribution is 5.76. The van der Waals surface area contributed by atoms with E-state index in [1.54, 1.807) is 12.1 Å². The van der Waals surface area contributed by atoms with E-state index in [9.17, 15) is 14.3 Å². The van der Waals surface area contributed by atoms with Crippen molar-refractivity contribution >= 4 is 5.91 Å². The lowest BCUT2D eigenvalue weighted by Crippen LogP contribution is -2.63. The van der Waals surface area contributed by atoms with Gasteiger partial charge in [0.05, 0.1) is 18.8 Å². The third-order valence-electron chi connectivity index (χ3n) is 9.17. The molecule has 200 valence electrons. The lowest BCUT2D eigenvalue weighted by molar-refractivity contribution is -0.313. The highest BCUT2D eigenvalue weighted by Gasteiger charge is 2.61. The van der Waals surface area contributed by atoms with Crippen LogP contribution in [0.3, 0.4) is 0 Å². The van der Waals surface area contributed by atoms with Crippen molar-refractivity contribution in [2.45, 2.75) is 71.0 Å². The van der Waals surface area contributed by atoms with Gasteiger partial charge in [-0.1, -0.05) is 44.2 Å². The summed E-state index contributed by atoms with van der Waals surface area (Å²) in [6.45, 7) is 5.74. The summed E-state index contributed by atoms with van der Waals surface area (Å²) in [4.78, 5) is 12.9. The number of hydrogen-bond donors (Lipinski definition) is 2. The molecule has 1 aliphatic heterocycles. The van der Waals surface area contributed by atoms with E-state index in [0.717, 1.165) is 30.6 Å². The fourth-order valence-corrected chi connectivity index (χ4v) is 7.13. The maximum absolute atomic E-state index is 13.2. The van der Waals surface area contributed by atoms with E-state index in [0.29, 0.717) is 26.2 Å². The second-order valence-corrected chi connectivity index (χ2v) is 11.5. The van der Waals surface area contributed by atoms with Crippen LogP contribution in [0.5, 0.6) is 5.75 Å². The lowest BCUT2D eigenvalue weighted by Gasteiger charge is -2.62. The van der Waals surface area contributed by atoms with E-state index < -0.39 is 12.4 Å². The van der Waals surface area contributed by atoms with Crippen LogP contribution in [0, 0.1) is 28.5 Å². The van der Waals surface area contributed by atoms with Crippen LogP contribution in [0.25, 0.3) is 0 Å².